The molecule has 2 atom stereocenters. The van der Waals surface area contributed by atoms with Crippen LogP contribution in [0.25, 0.3) is 0 Å². The summed E-state index contributed by atoms with van der Waals surface area (Å²) in [5.41, 5.74) is 0. The highest BCUT2D eigenvalue weighted by atomic mass is 32.2. The molecule has 0 aromatic rings. The van der Waals surface area contributed by atoms with Gasteiger partial charge in [0.15, 0.2) is 0 Å². The molecule has 0 saturated carbocycles. The first kappa shape index (κ1) is 16.7. The maximum absolute atomic E-state index is 12.4. The van der Waals surface area contributed by atoms with Crippen molar-refractivity contribution in [2.75, 3.05) is 38.2 Å². The van der Waals surface area contributed by atoms with Crippen LogP contribution in [0.15, 0.2) is 0 Å². The summed E-state index contributed by atoms with van der Waals surface area (Å²) < 4.78 is 22.9. The lowest BCUT2D eigenvalue weighted by atomic mass is 9.92. The van der Waals surface area contributed by atoms with Crippen LogP contribution >= 0.6 is 0 Å². The fourth-order valence-electron chi connectivity index (χ4n) is 3.63. The molecule has 0 bridgehead atoms. The molecule has 0 spiro atoms. The van der Waals surface area contributed by atoms with Gasteiger partial charge < -0.3 is 4.90 Å². The number of carbonyl (C=O) groups excluding carboxylic acids is 1. The second kappa shape index (κ2) is 6.65. The molecule has 21 heavy (non-hydrogen) atoms. The van der Waals surface area contributed by atoms with Crippen LogP contribution in [0.3, 0.4) is 0 Å². The average Bonchev–Trinajstić information content (AvgIpc) is 2.37. The van der Waals surface area contributed by atoms with Crippen molar-refractivity contribution < 1.29 is 13.2 Å². The molecular formula is C15H28N2O3S. The van der Waals surface area contributed by atoms with Crippen LogP contribution in [-0.4, -0.2) is 68.4 Å². The Bertz CT molecular complexity index is 453. The van der Waals surface area contributed by atoms with E-state index in [-0.39, 0.29) is 23.5 Å². The van der Waals surface area contributed by atoms with Crippen molar-refractivity contribution in [1.29, 1.82) is 0 Å². The topological polar surface area (TPSA) is 57.7 Å². The molecular weight excluding hydrogens is 288 g/mol. The summed E-state index contributed by atoms with van der Waals surface area (Å²) in [6.07, 6.45) is 2.50. The van der Waals surface area contributed by atoms with Crippen LogP contribution in [0.5, 0.6) is 0 Å². The number of sulfone groups is 1. The molecule has 5 nitrogen and oxygen atoms in total. The Labute approximate surface area is 128 Å². The van der Waals surface area contributed by atoms with Crippen molar-refractivity contribution in [3.63, 3.8) is 0 Å². The van der Waals surface area contributed by atoms with E-state index in [1.807, 2.05) is 16.8 Å². The van der Waals surface area contributed by atoms with Gasteiger partial charge in [-0.2, -0.15) is 0 Å². The van der Waals surface area contributed by atoms with Crippen LogP contribution in [0.2, 0.25) is 0 Å². The zero-order chi connectivity index (χ0) is 15.6. The minimum atomic E-state index is -2.83. The van der Waals surface area contributed by atoms with Crippen molar-refractivity contribution in [2.45, 2.75) is 39.2 Å². The monoisotopic (exact) mass is 316 g/mol. The van der Waals surface area contributed by atoms with E-state index in [2.05, 4.69) is 13.8 Å². The van der Waals surface area contributed by atoms with Gasteiger partial charge in [-0.05, 0) is 38.1 Å². The Morgan fingerprint density at radius 2 is 1.67 bits per heavy atom. The third-order valence-electron chi connectivity index (χ3n) is 4.75. The molecule has 0 radical (unpaired) electrons. The predicted molar refractivity (Wildman–Crippen MR) is 83.8 cm³/mol. The molecule has 1 amide bonds. The summed E-state index contributed by atoms with van der Waals surface area (Å²) >= 11 is 0. The molecule has 2 heterocycles. The molecule has 2 fully saturated rings. The van der Waals surface area contributed by atoms with Gasteiger partial charge >= 0.3 is 0 Å². The van der Waals surface area contributed by atoms with Gasteiger partial charge in [-0.25, -0.2) is 8.42 Å². The van der Waals surface area contributed by atoms with Crippen molar-refractivity contribution in [3.8, 4) is 0 Å². The van der Waals surface area contributed by atoms with E-state index in [4.69, 9.17) is 0 Å². The highest BCUT2D eigenvalue weighted by Gasteiger charge is 2.30. The lowest BCUT2D eigenvalue weighted by Crippen LogP contribution is -2.49. The minimum Gasteiger partial charge on any atom is -0.341 e. The van der Waals surface area contributed by atoms with E-state index in [9.17, 15) is 13.2 Å². The molecule has 0 unspecified atom stereocenters. The van der Waals surface area contributed by atoms with Gasteiger partial charge in [-0.1, -0.05) is 13.8 Å². The largest absolute Gasteiger partial charge is 0.341 e. The first-order valence-corrected chi connectivity index (χ1v) is 9.77. The number of rotatable bonds is 3. The summed E-state index contributed by atoms with van der Waals surface area (Å²) in [6, 6.07) is 0.220. The highest BCUT2D eigenvalue weighted by molar-refractivity contribution is 7.91. The Balaban J connectivity index is 1.84. The number of likely N-dealkylation sites (tertiary alicyclic amines) is 1. The maximum atomic E-state index is 12.4. The highest BCUT2D eigenvalue weighted by Crippen LogP contribution is 2.22. The number of hydrogen-bond donors (Lipinski definition) is 0. The van der Waals surface area contributed by atoms with Gasteiger partial charge in [0, 0.05) is 19.1 Å². The van der Waals surface area contributed by atoms with Gasteiger partial charge in [0.25, 0.3) is 0 Å². The number of amides is 1. The van der Waals surface area contributed by atoms with Gasteiger partial charge in [0.1, 0.15) is 9.84 Å². The average molecular weight is 316 g/mol. The number of hydrogen-bond acceptors (Lipinski definition) is 4. The fourth-order valence-corrected chi connectivity index (χ4v) is 5.09. The van der Waals surface area contributed by atoms with Crippen LogP contribution in [0.4, 0.5) is 0 Å². The van der Waals surface area contributed by atoms with Crippen LogP contribution < -0.4 is 0 Å². The molecule has 2 saturated heterocycles. The zero-order valence-electron chi connectivity index (χ0n) is 13.4. The molecule has 0 aromatic heterocycles. The zero-order valence-corrected chi connectivity index (χ0v) is 14.2. The molecule has 0 N–H and O–H groups in total. The Morgan fingerprint density at radius 3 is 2.19 bits per heavy atom. The van der Waals surface area contributed by atoms with Crippen LogP contribution in [-0.2, 0) is 14.6 Å². The van der Waals surface area contributed by atoms with Gasteiger partial charge in [-0.15, -0.1) is 0 Å². The van der Waals surface area contributed by atoms with Crippen molar-refractivity contribution in [1.82, 2.24) is 9.80 Å². The second-order valence-electron chi connectivity index (χ2n) is 7.04. The standard InChI is InChI=1S/C15H28N2O3S/c1-12-8-13(2)10-17(9-12)15(18)11-16(3)14-4-6-21(19,20)7-5-14/h12-14H,4-11H2,1-3H3/t12-,13-/m0/s1. The minimum absolute atomic E-state index is 0.185. The molecule has 6 heteroatoms. The molecule has 2 rings (SSSR count). The first-order valence-electron chi connectivity index (χ1n) is 7.95. The number of piperidine rings is 1. The Hall–Kier alpha value is -0.620. The molecule has 0 aliphatic carbocycles. The number of likely N-dealkylation sites (N-methyl/N-ethyl adjacent to an activating group) is 1. The smallest absolute Gasteiger partial charge is 0.236 e. The normalized spacial score (nSPS) is 30.6. The fraction of sp³-hybridized carbons (Fsp3) is 0.933. The molecule has 0 aromatic carbocycles. The number of carbonyl (C=O) groups is 1. The van der Waals surface area contributed by atoms with Crippen LogP contribution in [0, 0.1) is 11.8 Å². The second-order valence-corrected chi connectivity index (χ2v) is 9.35. The van der Waals surface area contributed by atoms with Crippen molar-refractivity contribution in [2.24, 2.45) is 11.8 Å². The van der Waals surface area contributed by atoms with E-state index in [0.717, 1.165) is 13.1 Å². The van der Waals surface area contributed by atoms with Crippen molar-refractivity contribution >= 4 is 15.7 Å². The van der Waals surface area contributed by atoms with E-state index in [0.29, 0.717) is 31.2 Å². The third-order valence-corrected chi connectivity index (χ3v) is 6.47. The van der Waals surface area contributed by atoms with Gasteiger partial charge in [0.05, 0.1) is 18.1 Å². The van der Waals surface area contributed by atoms with Crippen LogP contribution in [0.1, 0.15) is 33.1 Å². The number of nitrogens with zero attached hydrogens (tertiary/aromatic N) is 2. The van der Waals surface area contributed by atoms with E-state index < -0.39 is 9.84 Å². The molecule has 2 aliphatic heterocycles. The van der Waals surface area contributed by atoms with Gasteiger partial charge in [-0.3, -0.25) is 9.69 Å². The lowest BCUT2D eigenvalue weighted by molar-refractivity contribution is -0.135. The SMILES string of the molecule is C[C@H]1C[C@H](C)CN(C(=O)CN(C)C2CCS(=O)(=O)CC2)C1. The van der Waals surface area contributed by atoms with Crippen molar-refractivity contribution in [3.05, 3.63) is 0 Å². The predicted octanol–water partition coefficient (Wildman–Crippen LogP) is 1.000. The summed E-state index contributed by atoms with van der Waals surface area (Å²) in [6.45, 7) is 6.52. The summed E-state index contributed by atoms with van der Waals surface area (Å²) in [7, 11) is -0.893. The Morgan fingerprint density at radius 1 is 1.14 bits per heavy atom. The Kier molecular flexibility index (Phi) is 5.30. The third kappa shape index (κ3) is 4.68. The van der Waals surface area contributed by atoms with E-state index >= 15 is 0 Å². The van der Waals surface area contributed by atoms with E-state index in [1.54, 1.807) is 0 Å². The summed E-state index contributed by atoms with van der Waals surface area (Å²) in [4.78, 5) is 16.5. The molecule has 2 aliphatic rings. The van der Waals surface area contributed by atoms with Gasteiger partial charge in [0.2, 0.25) is 5.91 Å². The summed E-state index contributed by atoms with van der Waals surface area (Å²) in [5, 5.41) is 0. The maximum Gasteiger partial charge on any atom is 0.236 e. The first-order chi connectivity index (χ1) is 9.77. The lowest BCUT2D eigenvalue weighted by Gasteiger charge is -2.37. The summed E-state index contributed by atoms with van der Waals surface area (Å²) in [5.74, 6) is 1.84. The quantitative estimate of drug-likeness (QED) is 0.779. The molecule has 122 valence electrons. The van der Waals surface area contributed by atoms with E-state index in [1.165, 1.54) is 6.42 Å².